The zero-order valence-electron chi connectivity index (χ0n) is 16.2. The summed E-state index contributed by atoms with van der Waals surface area (Å²) in [6.07, 6.45) is 3.61. The number of amides is 1. The molecule has 0 radical (unpaired) electrons. The number of nitrogens with zero attached hydrogens (tertiary/aromatic N) is 2. The standard InChI is InChI=1S/C24H24N2OS.ClH/c27-23(14-13-22-12-7-19-28-22)25-15-17-26(18-16-25)24(20-8-3-1-4-9-20)21-10-5-2-6-11-21;/h1-14,19,24H,15-18H2;1H. The minimum absolute atomic E-state index is 0. The summed E-state index contributed by atoms with van der Waals surface area (Å²) in [7, 11) is 0. The van der Waals surface area contributed by atoms with Gasteiger partial charge in [-0.15, -0.1) is 23.7 Å². The first-order valence-corrected chi connectivity index (χ1v) is 10.5. The first-order chi connectivity index (χ1) is 13.8. The topological polar surface area (TPSA) is 23.6 Å². The van der Waals surface area contributed by atoms with Gasteiger partial charge in [0.25, 0.3) is 0 Å². The van der Waals surface area contributed by atoms with Crippen molar-refractivity contribution in [1.29, 1.82) is 0 Å². The second-order valence-electron chi connectivity index (χ2n) is 6.93. The van der Waals surface area contributed by atoms with Crippen LogP contribution in [-0.4, -0.2) is 41.9 Å². The fraction of sp³-hybridized carbons (Fsp3) is 0.208. The number of carbonyl (C=O) groups is 1. The maximum atomic E-state index is 12.5. The first-order valence-electron chi connectivity index (χ1n) is 9.66. The van der Waals surface area contributed by atoms with Gasteiger partial charge in [-0.1, -0.05) is 66.7 Å². The number of benzene rings is 2. The maximum Gasteiger partial charge on any atom is 0.246 e. The molecule has 29 heavy (non-hydrogen) atoms. The zero-order valence-corrected chi connectivity index (χ0v) is 17.8. The van der Waals surface area contributed by atoms with Crippen LogP contribution in [0.15, 0.2) is 84.3 Å². The molecule has 0 unspecified atom stereocenters. The highest BCUT2D eigenvalue weighted by molar-refractivity contribution is 7.10. The number of halogens is 1. The Bertz CT molecular complexity index is 865. The van der Waals surface area contributed by atoms with Crippen molar-refractivity contribution < 1.29 is 4.79 Å². The molecule has 1 aliphatic rings. The highest BCUT2D eigenvalue weighted by atomic mass is 35.5. The Balaban J connectivity index is 0.00000240. The van der Waals surface area contributed by atoms with Gasteiger partial charge in [0.1, 0.15) is 0 Å². The van der Waals surface area contributed by atoms with Crippen LogP contribution in [0.5, 0.6) is 0 Å². The summed E-state index contributed by atoms with van der Waals surface area (Å²) >= 11 is 1.65. The minimum atomic E-state index is 0. The van der Waals surface area contributed by atoms with Gasteiger partial charge in [-0.2, -0.15) is 0 Å². The maximum absolute atomic E-state index is 12.5. The summed E-state index contributed by atoms with van der Waals surface area (Å²) in [6, 6.07) is 25.5. The molecule has 0 saturated carbocycles. The third-order valence-corrected chi connectivity index (χ3v) is 5.99. The van der Waals surface area contributed by atoms with E-state index in [9.17, 15) is 4.79 Å². The third kappa shape index (κ3) is 5.36. The van der Waals surface area contributed by atoms with E-state index in [0.29, 0.717) is 0 Å². The molecule has 4 rings (SSSR count). The molecular weight excluding hydrogens is 400 g/mol. The van der Waals surface area contributed by atoms with E-state index in [1.807, 2.05) is 28.5 Å². The van der Waals surface area contributed by atoms with Gasteiger partial charge < -0.3 is 4.90 Å². The van der Waals surface area contributed by atoms with Gasteiger partial charge in [0, 0.05) is 37.1 Å². The van der Waals surface area contributed by atoms with Gasteiger partial charge in [-0.05, 0) is 28.6 Å². The van der Waals surface area contributed by atoms with Gasteiger partial charge in [-0.3, -0.25) is 9.69 Å². The summed E-state index contributed by atoms with van der Waals surface area (Å²) < 4.78 is 0. The molecular formula is C24H25ClN2OS. The van der Waals surface area contributed by atoms with Crippen molar-refractivity contribution in [3.63, 3.8) is 0 Å². The Hall–Kier alpha value is -2.40. The van der Waals surface area contributed by atoms with Gasteiger partial charge >= 0.3 is 0 Å². The highest BCUT2D eigenvalue weighted by Gasteiger charge is 2.27. The van der Waals surface area contributed by atoms with Gasteiger partial charge in [0.2, 0.25) is 5.91 Å². The van der Waals surface area contributed by atoms with Gasteiger partial charge in [0.15, 0.2) is 0 Å². The molecule has 150 valence electrons. The molecule has 3 aromatic rings. The van der Waals surface area contributed by atoms with Gasteiger partial charge in [-0.25, -0.2) is 0 Å². The summed E-state index contributed by atoms with van der Waals surface area (Å²) in [4.78, 5) is 18.1. The van der Waals surface area contributed by atoms with Crippen molar-refractivity contribution in [2.45, 2.75) is 6.04 Å². The molecule has 1 aliphatic heterocycles. The second-order valence-corrected chi connectivity index (χ2v) is 7.91. The van der Waals surface area contributed by atoms with E-state index in [-0.39, 0.29) is 24.4 Å². The summed E-state index contributed by atoms with van der Waals surface area (Å²) in [5.74, 6) is 0.101. The van der Waals surface area contributed by atoms with E-state index in [1.165, 1.54) is 11.1 Å². The molecule has 1 aromatic heterocycles. The van der Waals surface area contributed by atoms with Crippen LogP contribution >= 0.6 is 23.7 Å². The lowest BCUT2D eigenvalue weighted by atomic mass is 9.96. The number of hydrogen-bond acceptors (Lipinski definition) is 3. The predicted octanol–water partition coefficient (Wildman–Crippen LogP) is 5.12. The highest BCUT2D eigenvalue weighted by Crippen LogP contribution is 2.29. The van der Waals surface area contributed by atoms with Crippen LogP contribution in [0.3, 0.4) is 0 Å². The number of piperazine rings is 1. The summed E-state index contributed by atoms with van der Waals surface area (Å²) in [6.45, 7) is 3.24. The molecule has 0 N–H and O–H groups in total. The molecule has 3 nitrogen and oxygen atoms in total. The normalized spacial score (nSPS) is 14.9. The molecule has 1 saturated heterocycles. The number of hydrogen-bond donors (Lipinski definition) is 0. The quantitative estimate of drug-likeness (QED) is 0.531. The largest absolute Gasteiger partial charge is 0.337 e. The second kappa shape index (κ2) is 10.4. The lowest BCUT2D eigenvalue weighted by Gasteiger charge is -2.39. The van der Waals surface area contributed by atoms with Crippen LogP contribution in [-0.2, 0) is 4.79 Å². The molecule has 2 aromatic carbocycles. The van der Waals surface area contributed by atoms with Crippen LogP contribution in [0, 0.1) is 0 Å². The Morgan fingerprint density at radius 2 is 1.41 bits per heavy atom. The van der Waals surface area contributed by atoms with E-state index in [2.05, 4.69) is 65.6 Å². The van der Waals surface area contributed by atoms with Crippen molar-refractivity contribution in [3.8, 4) is 0 Å². The fourth-order valence-electron chi connectivity index (χ4n) is 3.73. The van der Waals surface area contributed by atoms with Crippen molar-refractivity contribution >= 4 is 35.7 Å². The summed E-state index contributed by atoms with van der Waals surface area (Å²) in [5, 5.41) is 2.02. The molecule has 0 bridgehead atoms. The van der Waals surface area contributed by atoms with Crippen LogP contribution < -0.4 is 0 Å². The Labute approximate surface area is 182 Å². The molecule has 5 heteroatoms. The van der Waals surface area contributed by atoms with E-state index in [0.717, 1.165) is 31.1 Å². The monoisotopic (exact) mass is 424 g/mol. The molecule has 0 spiro atoms. The fourth-order valence-corrected chi connectivity index (χ4v) is 4.35. The average molecular weight is 425 g/mol. The van der Waals surface area contributed by atoms with Gasteiger partial charge in [0.05, 0.1) is 6.04 Å². The lowest BCUT2D eigenvalue weighted by Crippen LogP contribution is -2.49. The molecule has 0 aliphatic carbocycles. The SMILES string of the molecule is Cl.O=C(C=Cc1cccs1)N1CCN(C(c2ccccc2)c2ccccc2)CC1. The van der Waals surface area contributed by atoms with Crippen LogP contribution in [0.2, 0.25) is 0 Å². The van der Waals surface area contributed by atoms with Crippen molar-refractivity contribution in [2.75, 3.05) is 26.2 Å². The first kappa shape index (κ1) is 21.3. The van der Waals surface area contributed by atoms with Crippen LogP contribution in [0.4, 0.5) is 0 Å². The molecule has 1 amide bonds. The number of thiophene rings is 1. The predicted molar refractivity (Wildman–Crippen MR) is 123 cm³/mol. The molecule has 2 heterocycles. The number of carbonyl (C=O) groups excluding carboxylic acids is 1. The lowest BCUT2D eigenvalue weighted by molar-refractivity contribution is -0.127. The van der Waals surface area contributed by atoms with E-state index < -0.39 is 0 Å². The molecule has 1 fully saturated rings. The smallest absolute Gasteiger partial charge is 0.246 e. The van der Waals surface area contributed by atoms with Crippen LogP contribution in [0.25, 0.3) is 6.08 Å². The Kier molecular flexibility index (Phi) is 7.64. The Morgan fingerprint density at radius 1 is 0.828 bits per heavy atom. The molecule has 0 atom stereocenters. The average Bonchev–Trinajstić information content (AvgIpc) is 3.28. The third-order valence-electron chi connectivity index (χ3n) is 5.16. The summed E-state index contributed by atoms with van der Waals surface area (Å²) in [5.41, 5.74) is 2.59. The minimum Gasteiger partial charge on any atom is -0.337 e. The van der Waals surface area contributed by atoms with E-state index in [4.69, 9.17) is 0 Å². The number of rotatable bonds is 5. The van der Waals surface area contributed by atoms with Crippen molar-refractivity contribution in [3.05, 3.63) is 100 Å². The van der Waals surface area contributed by atoms with E-state index >= 15 is 0 Å². The van der Waals surface area contributed by atoms with Crippen LogP contribution in [0.1, 0.15) is 22.0 Å². The zero-order chi connectivity index (χ0) is 19.2. The van der Waals surface area contributed by atoms with Crippen molar-refractivity contribution in [1.82, 2.24) is 9.80 Å². The Morgan fingerprint density at radius 3 is 1.93 bits per heavy atom. The van der Waals surface area contributed by atoms with E-state index in [1.54, 1.807) is 17.4 Å². The van der Waals surface area contributed by atoms with Crippen molar-refractivity contribution in [2.24, 2.45) is 0 Å².